The lowest BCUT2D eigenvalue weighted by Gasteiger charge is -2.34. The highest BCUT2D eigenvalue weighted by Crippen LogP contribution is 2.39. The molecule has 0 radical (unpaired) electrons. The Kier molecular flexibility index (Phi) is 7.44. The summed E-state index contributed by atoms with van der Waals surface area (Å²) >= 11 is 0. The average molecular weight is 554 g/mol. The van der Waals surface area contributed by atoms with Crippen molar-refractivity contribution in [2.75, 3.05) is 30.3 Å². The number of ether oxygens (including phenoxy) is 1. The Bertz CT molecular complexity index is 1490. The van der Waals surface area contributed by atoms with E-state index in [-0.39, 0.29) is 22.3 Å². The second kappa shape index (κ2) is 10.8. The van der Waals surface area contributed by atoms with E-state index in [2.05, 4.69) is 9.71 Å². The molecule has 5 rings (SSSR count). The molecule has 11 heteroatoms. The molecule has 1 aromatic carbocycles. The van der Waals surface area contributed by atoms with E-state index in [1.54, 1.807) is 12.1 Å². The summed E-state index contributed by atoms with van der Waals surface area (Å²) in [7, 11) is -4.28. The van der Waals surface area contributed by atoms with Crippen molar-refractivity contribution in [1.29, 1.82) is 0 Å². The largest absolute Gasteiger partial charge is 0.493 e. The minimum absolute atomic E-state index is 0.0210. The summed E-state index contributed by atoms with van der Waals surface area (Å²) in [6.45, 7) is 5.87. The maximum absolute atomic E-state index is 14.5. The van der Waals surface area contributed by atoms with Crippen molar-refractivity contribution in [3.8, 4) is 17.0 Å². The van der Waals surface area contributed by atoms with E-state index in [1.807, 2.05) is 18.7 Å². The highest BCUT2D eigenvalue weighted by Gasteiger charge is 2.35. The highest BCUT2D eigenvalue weighted by molar-refractivity contribution is 7.90. The van der Waals surface area contributed by atoms with Crippen LogP contribution in [0.25, 0.3) is 11.3 Å². The van der Waals surface area contributed by atoms with Crippen LogP contribution in [0, 0.1) is 23.6 Å². The Hall–Kier alpha value is -3.73. The lowest BCUT2D eigenvalue weighted by molar-refractivity contribution is 0.0981. The van der Waals surface area contributed by atoms with Gasteiger partial charge in [0, 0.05) is 24.7 Å². The fourth-order valence-electron chi connectivity index (χ4n) is 5.28. The monoisotopic (exact) mass is 553 g/mol. The normalized spacial score (nSPS) is 18.8. The number of fused-ring (bicyclic) bond motifs is 2. The summed E-state index contributed by atoms with van der Waals surface area (Å²) in [4.78, 5) is 24.0. The topological polar surface area (TPSA) is 128 Å². The third-order valence-electron chi connectivity index (χ3n) is 7.02. The van der Waals surface area contributed by atoms with Gasteiger partial charge in [0.2, 0.25) is 0 Å². The lowest BCUT2D eigenvalue weighted by atomic mass is 9.98. The molecular weight excluding hydrogens is 521 g/mol. The zero-order valence-electron chi connectivity index (χ0n) is 21.9. The van der Waals surface area contributed by atoms with Gasteiger partial charge in [-0.15, -0.1) is 0 Å². The minimum atomic E-state index is -4.28. The first-order valence-electron chi connectivity index (χ1n) is 13.1. The molecule has 2 atom stereocenters. The van der Waals surface area contributed by atoms with Crippen molar-refractivity contribution in [2.24, 2.45) is 17.8 Å². The molecule has 1 saturated carbocycles. The Morgan fingerprint density at radius 1 is 1.13 bits per heavy atom. The molecule has 2 aliphatic rings. The molecule has 39 heavy (non-hydrogen) atoms. The van der Waals surface area contributed by atoms with Gasteiger partial charge in [-0.1, -0.05) is 19.9 Å². The Balaban J connectivity index is 1.51. The molecule has 0 spiro atoms. The Morgan fingerprint density at radius 2 is 1.87 bits per heavy atom. The maximum atomic E-state index is 14.5. The summed E-state index contributed by atoms with van der Waals surface area (Å²) in [6, 6.07) is 11.7. The van der Waals surface area contributed by atoms with Crippen molar-refractivity contribution >= 4 is 27.6 Å². The van der Waals surface area contributed by atoms with Crippen LogP contribution in [0.15, 0.2) is 53.6 Å². The molecule has 1 aliphatic carbocycles. The number of nitrogen functional groups attached to an aromatic ring is 1. The second-order valence-electron chi connectivity index (χ2n) is 10.7. The van der Waals surface area contributed by atoms with E-state index in [4.69, 9.17) is 15.5 Å². The van der Waals surface area contributed by atoms with Crippen molar-refractivity contribution < 1.29 is 22.3 Å². The third kappa shape index (κ3) is 6.13. The van der Waals surface area contributed by atoms with Gasteiger partial charge >= 0.3 is 0 Å². The highest BCUT2D eigenvalue weighted by atomic mass is 32.2. The molecule has 2 fully saturated rings. The molecule has 1 unspecified atom stereocenters. The summed E-state index contributed by atoms with van der Waals surface area (Å²) in [5, 5.41) is -0.355. The number of amides is 1. The van der Waals surface area contributed by atoms with E-state index in [0.29, 0.717) is 54.4 Å². The number of carbonyl (C=O) groups excluding carboxylic acids is 1. The van der Waals surface area contributed by atoms with Crippen molar-refractivity contribution in [3.05, 3.63) is 59.9 Å². The molecule has 2 bridgehead atoms. The molecular formula is C28H32FN5O4S. The van der Waals surface area contributed by atoms with E-state index in [0.717, 1.165) is 19.3 Å². The van der Waals surface area contributed by atoms with E-state index < -0.39 is 21.7 Å². The number of pyridine rings is 2. The van der Waals surface area contributed by atoms with Crippen LogP contribution in [-0.2, 0) is 10.0 Å². The van der Waals surface area contributed by atoms with Crippen molar-refractivity contribution in [3.63, 3.8) is 0 Å². The number of halogens is 1. The quantitative estimate of drug-likeness (QED) is 0.424. The van der Waals surface area contributed by atoms with E-state index in [1.165, 1.54) is 36.4 Å². The second-order valence-corrected chi connectivity index (χ2v) is 12.4. The molecule has 3 heterocycles. The summed E-state index contributed by atoms with van der Waals surface area (Å²) in [5.41, 5.74) is 6.70. The first-order valence-corrected chi connectivity index (χ1v) is 14.5. The molecule has 1 aliphatic heterocycles. The smallest absolute Gasteiger partial charge is 0.281 e. The zero-order valence-corrected chi connectivity index (χ0v) is 22.7. The standard InChI is InChI=1S/C28H32FN5O4S/c1-17(2)16-38-22-12-20(11-21(29)13-22)24-9-8-23(27(31-24)34-14-18-6-7-19(10-18)15-34)28(35)33-39(36,37)26-5-3-4-25(30)32-26/h3-5,8-9,11-13,17-19H,6-7,10,14-16H2,1-2H3,(H2,30,32)(H,33,35)/t18-,19?/m0/s1. The van der Waals surface area contributed by atoms with Crippen LogP contribution in [0.3, 0.4) is 0 Å². The molecule has 3 aromatic rings. The zero-order chi connectivity index (χ0) is 27.7. The lowest BCUT2D eigenvalue weighted by Crippen LogP contribution is -2.39. The van der Waals surface area contributed by atoms with Crippen LogP contribution in [-0.4, -0.2) is 44.0 Å². The Morgan fingerprint density at radius 3 is 2.56 bits per heavy atom. The van der Waals surface area contributed by atoms with Gasteiger partial charge in [-0.25, -0.2) is 19.1 Å². The third-order valence-corrected chi connectivity index (χ3v) is 8.26. The number of aromatic nitrogens is 2. The SMILES string of the molecule is CC(C)COc1cc(F)cc(-c2ccc(C(=O)NS(=O)(=O)c3cccc(N)n3)c(N3CC4CC[C@@H](C4)C3)n2)c1. The molecule has 1 saturated heterocycles. The van der Waals surface area contributed by atoms with Gasteiger partial charge in [-0.05, 0) is 73.4 Å². The fraction of sp³-hybridized carbons (Fsp3) is 0.393. The number of nitrogens with one attached hydrogen (secondary N) is 1. The molecule has 2 aromatic heterocycles. The fourth-order valence-corrected chi connectivity index (χ4v) is 6.22. The molecule has 206 valence electrons. The number of nitrogens with zero attached hydrogens (tertiary/aromatic N) is 3. The van der Waals surface area contributed by atoms with Gasteiger partial charge in [0.1, 0.15) is 23.2 Å². The van der Waals surface area contributed by atoms with E-state index in [9.17, 15) is 17.6 Å². The first kappa shape index (κ1) is 26.9. The van der Waals surface area contributed by atoms with Crippen LogP contribution in [0.2, 0.25) is 0 Å². The van der Waals surface area contributed by atoms with Gasteiger partial charge in [-0.3, -0.25) is 4.79 Å². The number of rotatable bonds is 8. The predicted octanol–water partition coefficient (Wildman–Crippen LogP) is 4.25. The van der Waals surface area contributed by atoms with Gasteiger partial charge in [0.15, 0.2) is 5.03 Å². The Labute approximate surface area is 227 Å². The number of benzene rings is 1. The summed E-state index contributed by atoms with van der Waals surface area (Å²) in [5.74, 6) is 0.720. The van der Waals surface area contributed by atoms with Crippen molar-refractivity contribution in [2.45, 2.75) is 38.1 Å². The average Bonchev–Trinajstić information content (AvgIpc) is 3.23. The number of hydrogen-bond acceptors (Lipinski definition) is 8. The van der Waals surface area contributed by atoms with Gasteiger partial charge < -0.3 is 15.4 Å². The number of piperidine rings is 1. The van der Waals surface area contributed by atoms with Gasteiger partial charge in [0.25, 0.3) is 15.9 Å². The van der Waals surface area contributed by atoms with Gasteiger partial charge in [-0.2, -0.15) is 8.42 Å². The van der Waals surface area contributed by atoms with Gasteiger partial charge in [0.05, 0.1) is 17.9 Å². The summed E-state index contributed by atoms with van der Waals surface area (Å²) < 4.78 is 48.2. The molecule has 1 amide bonds. The minimum Gasteiger partial charge on any atom is -0.493 e. The van der Waals surface area contributed by atoms with Crippen LogP contribution < -0.4 is 20.1 Å². The predicted molar refractivity (Wildman–Crippen MR) is 146 cm³/mol. The maximum Gasteiger partial charge on any atom is 0.281 e. The van der Waals surface area contributed by atoms with E-state index >= 15 is 0 Å². The van der Waals surface area contributed by atoms with Crippen LogP contribution >= 0.6 is 0 Å². The number of sulfonamides is 1. The number of hydrogen-bond donors (Lipinski definition) is 2. The van der Waals surface area contributed by atoms with Crippen molar-refractivity contribution in [1.82, 2.24) is 14.7 Å². The number of carbonyl (C=O) groups is 1. The van der Waals surface area contributed by atoms with Crippen LogP contribution in [0.1, 0.15) is 43.5 Å². The number of nitrogens with two attached hydrogens (primary N) is 1. The molecule has 9 nitrogen and oxygen atoms in total. The summed E-state index contributed by atoms with van der Waals surface area (Å²) in [6.07, 6.45) is 3.35. The first-order chi connectivity index (χ1) is 18.6. The number of anilines is 2. The van der Waals surface area contributed by atoms with Crippen LogP contribution in [0.5, 0.6) is 5.75 Å². The molecule has 3 N–H and O–H groups in total. The van der Waals surface area contributed by atoms with Crippen LogP contribution in [0.4, 0.5) is 16.0 Å².